The molecule has 0 aromatic carbocycles. The molecule has 1 N–H and O–H groups in total. The molecule has 0 aliphatic heterocycles. The number of aliphatic imine (C=N–C) groups is 1. The van der Waals surface area contributed by atoms with Crippen LogP contribution in [0.5, 0.6) is 0 Å². The third-order valence-corrected chi connectivity index (χ3v) is 2.34. The first-order chi connectivity index (χ1) is 5.60. The van der Waals surface area contributed by atoms with Crippen molar-refractivity contribution in [3.63, 3.8) is 0 Å². The Kier molecular flexibility index (Phi) is 10.4. The molecule has 0 bridgehead atoms. The van der Waals surface area contributed by atoms with Gasteiger partial charge in [-0.25, -0.2) is 0 Å². The van der Waals surface area contributed by atoms with E-state index < -0.39 is 5.60 Å². The molecule has 0 saturated heterocycles. The van der Waals surface area contributed by atoms with E-state index in [9.17, 15) is 5.11 Å². The fourth-order valence-corrected chi connectivity index (χ4v) is 1.52. The maximum Gasteiger partial charge on any atom is 0.102 e. The van der Waals surface area contributed by atoms with E-state index in [-0.39, 0.29) is 39.9 Å². The van der Waals surface area contributed by atoms with Crippen LogP contribution in [-0.2, 0) is 0 Å². The minimum absolute atomic E-state index is 0. The second kappa shape index (κ2) is 8.28. The van der Waals surface area contributed by atoms with E-state index in [2.05, 4.69) is 18.8 Å². The summed E-state index contributed by atoms with van der Waals surface area (Å²) >= 11 is 0. The molecule has 0 aliphatic carbocycles. The average Bonchev–Trinajstić information content (AvgIpc) is 2.04. The molecule has 13 heavy (non-hydrogen) atoms. The largest absolute Gasteiger partial charge is 0.384 e. The SMILES string of the molecule is CCCC(O)(CCC)C(C)=NC.[Gd]. The van der Waals surface area contributed by atoms with Crippen molar-refractivity contribution in [2.75, 3.05) is 7.05 Å². The van der Waals surface area contributed by atoms with E-state index in [0.717, 1.165) is 31.4 Å². The topological polar surface area (TPSA) is 32.6 Å². The fraction of sp³-hybridized carbons (Fsp3) is 0.900. The summed E-state index contributed by atoms with van der Waals surface area (Å²) in [5, 5.41) is 10.1. The number of hydrogen-bond donors (Lipinski definition) is 1. The van der Waals surface area contributed by atoms with Gasteiger partial charge >= 0.3 is 0 Å². The average molecular weight is 329 g/mol. The molecule has 0 spiro atoms. The number of rotatable bonds is 5. The van der Waals surface area contributed by atoms with Gasteiger partial charge in [0.1, 0.15) is 5.60 Å². The van der Waals surface area contributed by atoms with Crippen LogP contribution in [0.4, 0.5) is 0 Å². The van der Waals surface area contributed by atoms with Crippen molar-refractivity contribution in [2.24, 2.45) is 4.99 Å². The monoisotopic (exact) mass is 329 g/mol. The van der Waals surface area contributed by atoms with Crippen LogP contribution in [0.2, 0.25) is 0 Å². The van der Waals surface area contributed by atoms with Gasteiger partial charge in [-0.1, -0.05) is 26.7 Å². The molecule has 2 nitrogen and oxygen atoms in total. The van der Waals surface area contributed by atoms with Gasteiger partial charge in [-0.05, 0) is 19.8 Å². The molecule has 0 saturated carbocycles. The van der Waals surface area contributed by atoms with Gasteiger partial charge in [0.25, 0.3) is 0 Å². The molecule has 3 heteroatoms. The van der Waals surface area contributed by atoms with Gasteiger partial charge in [0.15, 0.2) is 0 Å². The van der Waals surface area contributed by atoms with Crippen LogP contribution in [-0.4, -0.2) is 23.5 Å². The molecule has 0 atom stereocenters. The first kappa shape index (κ1) is 16.4. The maximum atomic E-state index is 10.1. The zero-order valence-electron chi connectivity index (χ0n) is 9.08. The van der Waals surface area contributed by atoms with Gasteiger partial charge in [-0.3, -0.25) is 4.99 Å². The Hall–Kier alpha value is 0.955. The summed E-state index contributed by atoms with van der Waals surface area (Å²) in [5.41, 5.74) is 0.226. The molecule has 0 fully saturated rings. The van der Waals surface area contributed by atoms with Gasteiger partial charge in [-0.15, -0.1) is 0 Å². The van der Waals surface area contributed by atoms with Gasteiger partial charge < -0.3 is 5.11 Å². The third-order valence-electron chi connectivity index (χ3n) is 2.34. The Morgan fingerprint density at radius 2 is 1.62 bits per heavy atom. The standard InChI is InChI=1S/C10H21NO.Gd/c1-5-7-10(12,8-6-2)9(3)11-4;/h12H,5-8H2,1-4H3;. The molecule has 0 aliphatic rings. The predicted molar refractivity (Wildman–Crippen MR) is 53.8 cm³/mol. The molecule has 0 unspecified atom stereocenters. The molecule has 0 rings (SSSR count). The summed E-state index contributed by atoms with van der Waals surface area (Å²) in [6, 6.07) is 0. The molecule has 0 amide bonds. The fourth-order valence-electron chi connectivity index (χ4n) is 1.52. The van der Waals surface area contributed by atoms with Crippen LogP contribution < -0.4 is 0 Å². The van der Waals surface area contributed by atoms with Gasteiger partial charge in [0.05, 0.1) is 0 Å². The van der Waals surface area contributed by atoms with E-state index in [0.29, 0.717) is 0 Å². The van der Waals surface area contributed by atoms with Crippen LogP contribution in [0.15, 0.2) is 4.99 Å². The van der Waals surface area contributed by atoms with Crippen molar-refractivity contribution in [3.05, 3.63) is 0 Å². The molecular weight excluding hydrogens is 307 g/mol. The van der Waals surface area contributed by atoms with Crippen molar-refractivity contribution >= 4 is 5.71 Å². The second-order valence-corrected chi connectivity index (χ2v) is 3.34. The molecule has 0 heterocycles. The van der Waals surface area contributed by atoms with Crippen molar-refractivity contribution in [2.45, 2.75) is 52.1 Å². The van der Waals surface area contributed by atoms with Crippen molar-refractivity contribution in [1.82, 2.24) is 0 Å². The van der Waals surface area contributed by atoms with Crippen LogP contribution in [0, 0.1) is 39.9 Å². The Bertz CT molecular complexity index is 151. The maximum absolute atomic E-state index is 10.1. The smallest absolute Gasteiger partial charge is 0.102 e. The summed E-state index contributed by atoms with van der Waals surface area (Å²) < 4.78 is 0. The zero-order chi connectivity index (χ0) is 9.61. The minimum Gasteiger partial charge on any atom is -0.384 e. The Balaban J connectivity index is 0. The zero-order valence-corrected chi connectivity index (χ0v) is 11.3. The van der Waals surface area contributed by atoms with Crippen LogP contribution in [0.3, 0.4) is 0 Å². The second-order valence-electron chi connectivity index (χ2n) is 3.34. The van der Waals surface area contributed by atoms with Crippen molar-refractivity contribution in [3.8, 4) is 0 Å². The summed E-state index contributed by atoms with van der Waals surface area (Å²) in [6.07, 6.45) is 3.65. The first-order valence-electron chi connectivity index (χ1n) is 4.77. The molecular formula is C10H21GdNO. The van der Waals surface area contributed by atoms with E-state index in [4.69, 9.17) is 0 Å². The van der Waals surface area contributed by atoms with Gasteiger partial charge in [0, 0.05) is 52.7 Å². The molecule has 0 aromatic rings. The van der Waals surface area contributed by atoms with Gasteiger partial charge in [0.2, 0.25) is 0 Å². The number of hydrogen-bond acceptors (Lipinski definition) is 2. The van der Waals surface area contributed by atoms with E-state index in [1.807, 2.05) is 6.92 Å². The summed E-state index contributed by atoms with van der Waals surface area (Å²) in [4.78, 5) is 4.06. The summed E-state index contributed by atoms with van der Waals surface area (Å²) in [6.45, 7) is 6.08. The number of aliphatic hydroxyl groups is 1. The first-order valence-corrected chi connectivity index (χ1v) is 4.77. The van der Waals surface area contributed by atoms with E-state index >= 15 is 0 Å². The summed E-state index contributed by atoms with van der Waals surface area (Å²) in [7, 11) is 1.74. The predicted octanol–water partition coefficient (Wildman–Crippen LogP) is 2.41. The molecule has 0 radical (unpaired) electrons. The van der Waals surface area contributed by atoms with Crippen molar-refractivity contribution < 1.29 is 45.0 Å². The van der Waals surface area contributed by atoms with E-state index in [1.54, 1.807) is 7.05 Å². The van der Waals surface area contributed by atoms with Crippen LogP contribution in [0.25, 0.3) is 0 Å². The normalized spacial score (nSPS) is 12.5. The minimum atomic E-state index is -0.641. The number of nitrogens with zero attached hydrogens (tertiary/aromatic N) is 1. The van der Waals surface area contributed by atoms with Gasteiger partial charge in [-0.2, -0.15) is 0 Å². The molecule has 80 valence electrons. The Morgan fingerprint density at radius 1 is 1.23 bits per heavy atom. The third kappa shape index (κ3) is 5.41. The van der Waals surface area contributed by atoms with Crippen LogP contribution in [0.1, 0.15) is 46.5 Å². The quantitative estimate of drug-likeness (QED) is 0.772. The molecule has 0 aromatic heterocycles. The van der Waals surface area contributed by atoms with Crippen molar-refractivity contribution in [1.29, 1.82) is 0 Å². The van der Waals surface area contributed by atoms with Crippen LogP contribution >= 0.6 is 0 Å². The van der Waals surface area contributed by atoms with E-state index in [1.165, 1.54) is 0 Å². The summed E-state index contributed by atoms with van der Waals surface area (Å²) in [5.74, 6) is 0. The Labute approximate surface area is 114 Å². The Morgan fingerprint density at radius 3 is 1.85 bits per heavy atom.